The molecule has 1 N–H and O–H groups in total. The van der Waals surface area contributed by atoms with Crippen molar-refractivity contribution in [2.24, 2.45) is 5.16 Å². The predicted octanol–water partition coefficient (Wildman–Crippen LogP) is 2.98. The molecule has 0 saturated heterocycles. The topological polar surface area (TPSA) is 53.1 Å². The van der Waals surface area contributed by atoms with Crippen LogP contribution in [0.1, 0.15) is 17.7 Å². The van der Waals surface area contributed by atoms with Gasteiger partial charge in [-0.3, -0.25) is 4.40 Å². The number of nitrogens with zero attached hydrogens (tertiary/aromatic N) is 4. The van der Waals surface area contributed by atoms with Gasteiger partial charge in [-0.05, 0) is 6.07 Å². The van der Waals surface area contributed by atoms with E-state index in [1.54, 1.807) is 11.3 Å². The number of anilines is 1. The molecule has 0 amide bonds. The minimum atomic E-state index is 0.746. The normalized spacial score (nSPS) is 16.6. The standard InChI is InChI=1S/C15H14N4OS/c20-17-13-5-6-18(14-4-2-1-3-12(13)14)9-11-10-19-7-8-21-15(19)16-11/h1-4,7-8,10,20H,5-6,9H2/b17-13-. The Hall–Kier alpha value is -2.34. The van der Waals surface area contributed by atoms with Gasteiger partial charge in [0.25, 0.3) is 0 Å². The first-order valence-corrected chi connectivity index (χ1v) is 7.69. The largest absolute Gasteiger partial charge is 0.411 e. The average Bonchev–Trinajstić information content (AvgIpc) is 3.09. The van der Waals surface area contributed by atoms with Crippen molar-refractivity contribution >= 4 is 27.7 Å². The number of thiazole rings is 1. The van der Waals surface area contributed by atoms with Gasteiger partial charge in [0.05, 0.1) is 18.0 Å². The van der Waals surface area contributed by atoms with E-state index in [-0.39, 0.29) is 0 Å². The zero-order valence-corrected chi connectivity index (χ0v) is 12.1. The van der Waals surface area contributed by atoms with E-state index in [0.29, 0.717) is 0 Å². The molecule has 3 aromatic rings. The number of para-hydroxylation sites is 1. The van der Waals surface area contributed by atoms with Gasteiger partial charge in [-0.1, -0.05) is 23.4 Å². The smallest absolute Gasteiger partial charge is 0.193 e. The van der Waals surface area contributed by atoms with E-state index in [4.69, 9.17) is 5.21 Å². The quantitative estimate of drug-likeness (QED) is 0.584. The Bertz CT molecular complexity index is 791. The van der Waals surface area contributed by atoms with Crippen LogP contribution in [0.5, 0.6) is 0 Å². The molecule has 0 bridgehead atoms. The highest BCUT2D eigenvalue weighted by molar-refractivity contribution is 7.15. The summed E-state index contributed by atoms with van der Waals surface area (Å²) in [4.78, 5) is 7.95. The van der Waals surface area contributed by atoms with Crippen molar-refractivity contribution in [1.82, 2.24) is 9.38 Å². The SMILES string of the molecule is O/N=C1/CCN(Cc2cn3ccsc3n2)c2ccccc21. The third-order valence-corrected chi connectivity index (χ3v) is 4.56. The molecule has 4 rings (SSSR count). The number of benzene rings is 1. The second-order valence-corrected chi connectivity index (χ2v) is 5.93. The number of oxime groups is 1. The average molecular weight is 298 g/mol. The summed E-state index contributed by atoms with van der Waals surface area (Å²) in [7, 11) is 0. The van der Waals surface area contributed by atoms with E-state index in [9.17, 15) is 0 Å². The van der Waals surface area contributed by atoms with E-state index in [2.05, 4.69) is 31.7 Å². The van der Waals surface area contributed by atoms with Crippen LogP contribution in [0.3, 0.4) is 0 Å². The molecule has 2 aromatic heterocycles. The van der Waals surface area contributed by atoms with Crippen LogP contribution in [0.15, 0.2) is 47.2 Å². The highest BCUT2D eigenvalue weighted by Crippen LogP contribution is 2.28. The van der Waals surface area contributed by atoms with Gasteiger partial charge in [0.1, 0.15) is 0 Å². The van der Waals surface area contributed by atoms with Crippen molar-refractivity contribution in [2.75, 3.05) is 11.4 Å². The minimum absolute atomic E-state index is 0.746. The molecule has 1 aliphatic heterocycles. The van der Waals surface area contributed by atoms with Gasteiger partial charge in [-0.25, -0.2) is 4.98 Å². The van der Waals surface area contributed by atoms with Crippen LogP contribution in [0, 0.1) is 0 Å². The second-order valence-electron chi connectivity index (χ2n) is 5.06. The first-order valence-electron chi connectivity index (χ1n) is 6.81. The highest BCUT2D eigenvalue weighted by atomic mass is 32.1. The monoisotopic (exact) mass is 298 g/mol. The molecule has 0 atom stereocenters. The molecule has 0 aliphatic carbocycles. The van der Waals surface area contributed by atoms with Crippen molar-refractivity contribution in [3.63, 3.8) is 0 Å². The summed E-state index contributed by atoms with van der Waals surface area (Å²) >= 11 is 1.64. The van der Waals surface area contributed by atoms with Gasteiger partial charge >= 0.3 is 0 Å². The summed E-state index contributed by atoms with van der Waals surface area (Å²) in [6, 6.07) is 8.05. The maximum Gasteiger partial charge on any atom is 0.193 e. The molecule has 1 aromatic carbocycles. The number of rotatable bonds is 2. The van der Waals surface area contributed by atoms with Crippen molar-refractivity contribution in [3.8, 4) is 0 Å². The van der Waals surface area contributed by atoms with Crippen LogP contribution >= 0.6 is 11.3 Å². The number of hydrogen-bond donors (Lipinski definition) is 1. The summed E-state index contributed by atoms with van der Waals surface area (Å²) in [6.45, 7) is 1.60. The van der Waals surface area contributed by atoms with Crippen LogP contribution in [0.4, 0.5) is 5.69 Å². The number of fused-ring (bicyclic) bond motifs is 2. The lowest BCUT2D eigenvalue weighted by molar-refractivity contribution is 0.317. The third-order valence-electron chi connectivity index (χ3n) is 3.79. The highest BCUT2D eigenvalue weighted by Gasteiger charge is 2.22. The van der Waals surface area contributed by atoms with Gasteiger partial charge in [-0.2, -0.15) is 0 Å². The summed E-state index contributed by atoms with van der Waals surface area (Å²) in [5, 5.41) is 14.6. The zero-order chi connectivity index (χ0) is 14.2. The van der Waals surface area contributed by atoms with E-state index >= 15 is 0 Å². The maximum absolute atomic E-state index is 9.14. The maximum atomic E-state index is 9.14. The molecule has 1 aliphatic rings. The second kappa shape index (κ2) is 4.89. The first kappa shape index (κ1) is 12.4. The summed E-state index contributed by atoms with van der Waals surface area (Å²) in [5.74, 6) is 0. The lowest BCUT2D eigenvalue weighted by Gasteiger charge is -2.30. The molecule has 106 valence electrons. The summed E-state index contributed by atoms with van der Waals surface area (Å²) < 4.78 is 2.05. The van der Waals surface area contributed by atoms with E-state index in [0.717, 1.165) is 47.1 Å². The van der Waals surface area contributed by atoms with Gasteiger partial charge < -0.3 is 10.1 Å². The van der Waals surface area contributed by atoms with Crippen molar-refractivity contribution in [2.45, 2.75) is 13.0 Å². The summed E-state index contributed by atoms with van der Waals surface area (Å²) in [5.41, 5.74) is 3.92. The molecule has 0 spiro atoms. The van der Waals surface area contributed by atoms with Gasteiger partial charge in [0.2, 0.25) is 0 Å². The van der Waals surface area contributed by atoms with Crippen molar-refractivity contribution < 1.29 is 5.21 Å². The van der Waals surface area contributed by atoms with Crippen LogP contribution in [-0.2, 0) is 6.54 Å². The fraction of sp³-hybridized carbons (Fsp3) is 0.200. The Morgan fingerprint density at radius 2 is 2.24 bits per heavy atom. The number of hydrogen-bond acceptors (Lipinski definition) is 5. The third kappa shape index (κ3) is 2.08. The molecule has 3 heterocycles. The van der Waals surface area contributed by atoms with Crippen LogP contribution in [0.2, 0.25) is 0 Å². The van der Waals surface area contributed by atoms with Gasteiger partial charge in [-0.15, -0.1) is 11.3 Å². The predicted molar refractivity (Wildman–Crippen MR) is 83.5 cm³/mol. The Morgan fingerprint density at radius 1 is 1.33 bits per heavy atom. The summed E-state index contributed by atoms with van der Waals surface area (Å²) in [6.07, 6.45) is 4.84. The number of aromatic nitrogens is 2. The molecule has 0 radical (unpaired) electrons. The van der Waals surface area contributed by atoms with Gasteiger partial charge in [0, 0.05) is 42.0 Å². The first-order chi connectivity index (χ1) is 10.3. The molecule has 0 fully saturated rings. The number of imidazole rings is 1. The lowest BCUT2D eigenvalue weighted by Crippen LogP contribution is -2.32. The van der Waals surface area contributed by atoms with Crippen LogP contribution < -0.4 is 4.90 Å². The Morgan fingerprint density at radius 3 is 3.10 bits per heavy atom. The Balaban J connectivity index is 1.68. The van der Waals surface area contributed by atoms with Crippen LogP contribution in [0.25, 0.3) is 4.96 Å². The van der Waals surface area contributed by atoms with E-state index in [1.807, 2.05) is 29.8 Å². The molecular weight excluding hydrogens is 284 g/mol. The molecular formula is C15H14N4OS. The fourth-order valence-corrected chi connectivity index (χ4v) is 3.52. The Kier molecular flexibility index (Phi) is 2.89. The molecule has 0 saturated carbocycles. The molecule has 21 heavy (non-hydrogen) atoms. The van der Waals surface area contributed by atoms with Crippen molar-refractivity contribution in [1.29, 1.82) is 0 Å². The van der Waals surface area contributed by atoms with E-state index < -0.39 is 0 Å². The Labute approximate surface area is 125 Å². The van der Waals surface area contributed by atoms with E-state index in [1.165, 1.54) is 0 Å². The molecule has 6 heteroatoms. The zero-order valence-electron chi connectivity index (χ0n) is 11.3. The molecule has 5 nitrogen and oxygen atoms in total. The fourth-order valence-electron chi connectivity index (χ4n) is 2.81. The van der Waals surface area contributed by atoms with Crippen LogP contribution in [-0.4, -0.2) is 26.8 Å². The lowest BCUT2D eigenvalue weighted by atomic mass is 9.99. The minimum Gasteiger partial charge on any atom is -0.411 e. The molecule has 0 unspecified atom stereocenters. The van der Waals surface area contributed by atoms with Gasteiger partial charge in [0.15, 0.2) is 4.96 Å². The van der Waals surface area contributed by atoms with Crippen molar-refractivity contribution in [3.05, 3.63) is 53.3 Å².